The van der Waals surface area contributed by atoms with E-state index in [1.54, 1.807) is 11.0 Å². The van der Waals surface area contributed by atoms with Gasteiger partial charge in [0.2, 0.25) is 5.91 Å². The van der Waals surface area contributed by atoms with Gasteiger partial charge in [-0.05, 0) is 69.2 Å². The first kappa shape index (κ1) is 23.8. The van der Waals surface area contributed by atoms with Crippen LogP contribution in [0.25, 0.3) is 0 Å². The summed E-state index contributed by atoms with van der Waals surface area (Å²) in [6, 6.07) is 14.4. The summed E-state index contributed by atoms with van der Waals surface area (Å²) in [5.74, 6) is -0.221. The molecule has 2 aromatic rings. The van der Waals surface area contributed by atoms with Crippen molar-refractivity contribution in [1.82, 2.24) is 15.1 Å². The average Bonchev–Trinajstić information content (AvgIpc) is 3.39. The minimum atomic E-state index is -0.576. The third kappa shape index (κ3) is 5.58. The summed E-state index contributed by atoms with van der Waals surface area (Å²) >= 11 is 0. The third-order valence-electron chi connectivity index (χ3n) is 6.96. The van der Waals surface area contributed by atoms with Gasteiger partial charge in [-0.1, -0.05) is 35.9 Å². The van der Waals surface area contributed by atoms with E-state index in [0.29, 0.717) is 31.5 Å². The first-order valence-electron chi connectivity index (χ1n) is 12.2. The summed E-state index contributed by atoms with van der Waals surface area (Å²) in [4.78, 5) is 42.9. The zero-order chi connectivity index (χ0) is 24.1. The number of amides is 4. The number of benzene rings is 2. The molecule has 2 aliphatic heterocycles. The number of nitrogens with zero attached hydrogens (tertiary/aromatic N) is 2. The molecule has 0 saturated carbocycles. The Balaban J connectivity index is 1.42. The molecular formula is C27H34N4O3. The smallest absolute Gasteiger partial charge is 0.321 e. The summed E-state index contributed by atoms with van der Waals surface area (Å²) < 4.78 is 0. The Morgan fingerprint density at radius 3 is 2.15 bits per heavy atom. The molecule has 0 unspecified atom stereocenters. The van der Waals surface area contributed by atoms with Gasteiger partial charge in [0.05, 0.1) is 0 Å². The van der Waals surface area contributed by atoms with Crippen molar-refractivity contribution in [3.8, 4) is 0 Å². The topological polar surface area (TPSA) is 81.8 Å². The van der Waals surface area contributed by atoms with Gasteiger partial charge in [0.1, 0.15) is 6.04 Å². The van der Waals surface area contributed by atoms with Gasteiger partial charge >= 0.3 is 6.03 Å². The van der Waals surface area contributed by atoms with E-state index >= 15 is 0 Å². The Bertz CT molecular complexity index is 1020. The Labute approximate surface area is 201 Å². The van der Waals surface area contributed by atoms with Gasteiger partial charge in [-0.15, -0.1) is 0 Å². The minimum absolute atomic E-state index is 0.00184. The molecule has 1 atom stereocenters. The van der Waals surface area contributed by atoms with Crippen LogP contribution >= 0.6 is 0 Å². The Hall–Kier alpha value is -3.35. The van der Waals surface area contributed by atoms with Gasteiger partial charge < -0.3 is 20.4 Å². The fourth-order valence-electron chi connectivity index (χ4n) is 4.84. The fourth-order valence-corrected chi connectivity index (χ4v) is 4.84. The molecule has 2 heterocycles. The average molecular weight is 463 g/mol. The van der Waals surface area contributed by atoms with Crippen LogP contribution in [0.4, 0.5) is 10.5 Å². The van der Waals surface area contributed by atoms with E-state index in [0.717, 1.165) is 42.7 Å². The molecule has 2 N–H and O–H groups in total. The highest BCUT2D eigenvalue weighted by Crippen LogP contribution is 2.25. The maximum absolute atomic E-state index is 13.4. The van der Waals surface area contributed by atoms with E-state index in [2.05, 4.69) is 10.6 Å². The van der Waals surface area contributed by atoms with Crippen LogP contribution in [-0.4, -0.2) is 59.9 Å². The van der Waals surface area contributed by atoms with Crippen molar-refractivity contribution < 1.29 is 14.4 Å². The van der Waals surface area contributed by atoms with Crippen LogP contribution < -0.4 is 10.6 Å². The van der Waals surface area contributed by atoms with Crippen molar-refractivity contribution in [2.24, 2.45) is 5.92 Å². The van der Waals surface area contributed by atoms with Crippen molar-refractivity contribution in [1.29, 1.82) is 0 Å². The number of likely N-dealkylation sites (tertiary alicyclic amines) is 2. The molecule has 4 rings (SSSR count). The van der Waals surface area contributed by atoms with E-state index in [9.17, 15) is 14.4 Å². The molecule has 2 aromatic carbocycles. The molecule has 7 nitrogen and oxygen atoms in total. The van der Waals surface area contributed by atoms with Crippen LogP contribution in [0, 0.1) is 19.8 Å². The number of hydrogen-bond donors (Lipinski definition) is 2. The molecule has 180 valence electrons. The fraction of sp³-hybridized carbons (Fsp3) is 0.444. The first-order valence-corrected chi connectivity index (χ1v) is 12.2. The van der Waals surface area contributed by atoms with Gasteiger partial charge in [-0.3, -0.25) is 9.59 Å². The van der Waals surface area contributed by atoms with Gasteiger partial charge in [0.15, 0.2) is 0 Å². The van der Waals surface area contributed by atoms with Gasteiger partial charge in [0.25, 0.3) is 5.91 Å². The number of carbonyl (C=O) groups is 3. The molecule has 34 heavy (non-hydrogen) atoms. The highest BCUT2D eigenvalue weighted by atomic mass is 16.2. The maximum Gasteiger partial charge on any atom is 0.321 e. The van der Waals surface area contributed by atoms with Gasteiger partial charge in [-0.25, -0.2) is 4.79 Å². The highest BCUT2D eigenvalue weighted by molar-refractivity contribution is 5.98. The first-order chi connectivity index (χ1) is 16.4. The molecule has 2 aliphatic rings. The predicted octanol–water partition coefficient (Wildman–Crippen LogP) is 3.97. The van der Waals surface area contributed by atoms with E-state index in [1.807, 2.05) is 61.2 Å². The number of hydrogen-bond acceptors (Lipinski definition) is 3. The lowest BCUT2D eigenvalue weighted by atomic mass is 9.88. The van der Waals surface area contributed by atoms with Crippen molar-refractivity contribution in [3.05, 3.63) is 65.2 Å². The van der Waals surface area contributed by atoms with Crippen LogP contribution in [-0.2, 0) is 4.79 Å². The second-order valence-electron chi connectivity index (χ2n) is 9.42. The summed E-state index contributed by atoms with van der Waals surface area (Å²) in [5, 5.41) is 6.01. The highest BCUT2D eigenvalue weighted by Gasteiger charge is 2.37. The molecule has 0 aliphatic carbocycles. The van der Waals surface area contributed by atoms with Crippen molar-refractivity contribution in [2.45, 2.75) is 45.6 Å². The van der Waals surface area contributed by atoms with Crippen LogP contribution in [0.1, 0.15) is 47.2 Å². The minimum Gasteiger partial charge on any atom is -0.341 e. The van der Waals surface area contributed by atoms with Crippen molar-refractivity contribution in [3.63, 3.8) is 0 Å². The zero-order valence-electron chi connectivity index (χ0n) is 20.0. The lowest BCUT2D eigenvalue weighted by molar-refractivity contribution is -0.134. The monoisotopic (exact) mass is 462 g/mol. The van der Waals surface area contributed by atoms with E-state index in [4.69, 9.17) is 0 Å². The van der Waals surface area contributed by atoms with Gasteiger partial charge in [-0.2, -0.15) is 0 Å². The summed E-state index contributed by atoms with van der Waals surface area (Å²) in [6.45, 7) is 6.49. The standard InChI is InChI=1S/C27H34N4O3/c1-19-9-11-22(12-10-19)28-27(34)31-17-13-21(14-18-31)24(26(33)30-15-5-6-16-30)29-25(32)23-8-4-3-7-20(23)2/h3-4,7-12,21,24H,5-6,13-18H2,1-2H3,(H,28,34)(H,29,32)/t24-/m1/s1. The van der Waals surface area contributed by atoms with E-state index in [-0.39, 0.29) is 23.8 Å². The molecule has 2 fully saturated rings. The Morgan fingerprint density at radius 2 is 1.50 bits per heavy atom. The number of piperidine rings is 1. The van der Waals surface area contributed by atoms with Crippen LogP contribution in [0.5, 0.6) is 0 Å². The number of nitrogens with one attached hydrogen (secondary N) is 2. The van der Waals surface area contributed by atoms with Crippen LogP contribution in [0.3, 0.4) is 0 Å². The van der Waals surface area contributed by atoms with E-state index < -0.39 is 6.04 Å². The van der Waals surface area contributed by atoms with Gasteiger partial charge in [0, 0.05) is 37.4 Å². The number of carbonyl (C=O) groups excluding carboxylic acids is 3. The summed E-state index contributed by atoms with van der Waals surface area (Å²) in [6.07, 6.45) is 3.34. The van der Waals surface area contributed by atoms with E-state index in [1.165, 1.54) is 0 Å². The quantitative estimate of drug-likeness (QED) is 0.706. The number of anilines is 1. The zero-order valence-corrected chi connectivity index (χ0v) is 20.0. The third-order valence-corrected chi connectivity index (χ3v) is 6.96. The number of aryl methyl sites for hydroxylation is 2. The molecule has 0 aromatic heterocycles. The number of urea groups is 1. The molecule has 0 radical (unpaired) electrons. The second-order valence-corrected chi connectivity index (χ2v) is 9.42. The van der Waals surface area contributed by atoms with Crippen LogP contribution in [0.15, 0.2) is 48.5 Å². The molecule has 7 heteroatoms. The molecule has 0 spiro atoms. The van der Waals surface area contributed by atoms with Crippen molar-refractivity contribution in [2.75, 3.05) is 31.5 Å². The van der Waals surface area contributed by atoms with Crippen LogP contribution in [0.2, 0.25) is 0 Å². The summed E-state index contributed by atoms with van der Waals surface area (Å²) in [7, 11) is 0. The molecule has 0 bridgehead atoms. The number of rotatable bonds is 5. The normalized spacial score (nSPS) is 17.4. The molecule has 4 amide bonds. The molecular weight excluding hydrogens is 428 g/mol. The predicted molar refractivity (Wildman–Crippen MR) is 133 cm³/mol. The lowest BCUT2D eigenvalue weighted by Gasteiger charge is -2.37. The largest absolute Gasteiger partial charge is 0.341 e. The lowest BCUT2D eigenvalue weighted by Crippen LogP contribution is -2.54. The second kappa shape index (κ2) is 10.7. The SMILES string of the molecule is Cc1ccc(NC(=O)N2CCC([C@@H](NC(=O)c3ccccc3C)C(=O)N3CCCC3)CC2)cc1. The summed E-state index contributed by atoms with van der Waals surface area (Å²) in [5.41, 5.74) is 3.39. The Morgan fingerprint density at radius 1 is 0.853 bits per heavy atom. The van der Waals surface area contributed by atoms with Crippen molar-refractivity contribution >= 4 is 23.5 Å². The Kier molecular flexibility index (Phi) is 7.50. The molecule has 2 saturated heterocycles. The maximum atomic E-state index is 13.4.